The van der Waals surface area contributed by atoms with Crippen molar-refractivity contribution in [3.8, 4) is 0 Å². The minimum Gasteiger partial charge on any atom is -0.394 e. The number of nitrogen functional groups attached to an aromatic ring is 1. The molecule has 0 bridgehead atoms. The minimum atomic E-state index is -1.36. The molecule has 24 heavy (non-hydrogen) atoms. The number of nitrogens with zero attached hydrogens (tertiary/aromatic N) is 3. The number of rotatable bonds is 3. The van der Waals surface area contributed by atoms with E-state index in [2.05, 4.69) is 4.98 Å². The Kier molecular flexibility index (Phi) is 4.82. The number of carbonyl (C=O) groups is 1. The van der Waals surface area contributed by atoms with Crippen LogP contribution >= 0.6 is 12.4 Å². The average molecular weight is 361 g/mol. The van der Waals surface area contributed by atoms with Crippen molar-refractivity contribution in [1.29, 1.82) is 5.41 Å². The van der Waals surface area contributed by atoms with Gasteiger partial charge in [0, 0.05) is 6.20 Å². The van der Waals surface area contributed by atoms with E-state index in [1.54, 1.807) is 0 Å². The van der Waals surface area contributed by atoms with Crippen LogP contribution in [0, 0.1) is 5.41 Å². The molecule has 1 saturated heterocycles. The molecule has 1 aliphatic rings. The summed E-state index contributed by atoms with van der Waals surface area (Å²) < 4.78 is 7.62. The predicted molar refractivity (Wildman–Crippen MR) is 82.5 cm³/mol. The lowest BCUT2D eigenvalue weighted by Crippen LogP contribution is -2.33. The Balaban J connectivity index is 0.00000208. The van der Waals surface area contributed by atoms with Crippen molar-refractivity contribution in [3.63, 3.8) is 0 Å². The zero-order chi connectivity index (χ0) is 16.9. The number of primary amides is 1. The normalized spacial score (nSPS) is 26.5. The van der Waals surface area contributed by atoms with Gasteiger partial charge in [-0.15, -0.1) is 12.4 Å². The summed E-state index contributed by atoms with van der Waals surface area (Å²) in [6, 6.07) is 0. The monoisotopic (exact) mass is 360 g/mol. The van der Waals surface area contributed by atoms with Gasteiger partial charge in [-0.1, -0.05) is 0 Å². The average Bonchev–Trinajstić information content (AvgIpc) is 3.03. The van der Waals surface area contributed by atoms with Crippen LogP contribution in [0.2, 0.25) is 0 Å². The molecule has 132 valence electrons. The zero-order valence-electron chi connectivity index (χ0n) is 12.2. The van der Waals surface area contributed by atoms with Gasteiger partial charge in [-0.05, 0) is 0 Å². The van der Waals surface area contributed by atoms with Gasteiger partial charge >= 0.3 is 0 Å². The second kappa shape index (κ2) is 6.37. The van der Waals surface area contributed by atoms with Gasteiger partial charge in [0.25, 0.3) is 5.91 Å². The van der Waals surface area contributed by atoms with E-state index in [-0.39, 0.29) is 34.5 Å². The van der Waals surface area contributed by atoms with E-state index < -0.39 is 37.1 Å². The van der Waals surface area contributed by atoms with Crippen LogP contribution < -0.4 is 17.1 Å². The summed E-state index contributed by atoms with van der Waals surface area (Å²) in [5, 5.41) is 37.2. The summed E-state index contributed by atoms with van der Waals surface area (Å²) >= 11 is 0. The van der Waals surface area contributed by atoms with E-state index in [1.165, 1.54) is 10.8 Å². The Morgan fingerprint density at radius 2 is 2.08 bits per heavy atom. The summed E-state index contributed by atoms with van der Waals surface area (Å²) in [6.45, 7) is -0.490. The third-order valence-corrected chi connectivity index (χ3v) is 3.86. The molecule has 1 fully saturated rings. The molecular weight excluding hydrogens is 344 g/mol. The van der Waals surface area contributed by atoms with Crippen LogP contribution in [0.5, 0.6) is 0 Å². The van der Waals surface area contributed by atoms with Crippen molar-refractivity contribution >= 4 is 29.3 Å². The maximum atomic E-state index is 11.6. The molecule has 1 aliphatic heterocycles. The Morgan fingerprint density at radius 3 is 2.62 bits per heavy atom. The SMILES string of the molecule is Cl.N=c1c2c(C(N)=O)cn(C3OC(CO)C(O)C3O)c2ncn1N. The first kappa shape index (κ1) is 18.2. The molecule has 2 aromatic heterocycles. The number of carbonyl (C=O) groups excluding carboxylic acids is 1. The molecule has 3 rings (SSSR count). The molecule has 12 heteroatoms. The van der Waals surface area contributed by atoms with E-state index in [4.69, 9.17) is 26.8 Å². The van der Waals surface area contributed by atoms with E-state index in [0.29, 0.717) is 0 Å². The quantitative estimate of drug-likeness (QED) is 0.318. The predicted octanol–water partition coefficient (Wildman–Crippen LogP) is -2.84. The molecule has 4 unspecified atom stereocenters. The third-order valence-electron chi connectivity index (χ3n) is 3.86. The number of amides is 1. The van der Waals surface area contributed by atoms with Crippen LogP contribution in [0.15, 0.2) is 12.5 Å². The molecular formula is C12H17ClN6O5. The maximum absolute atomic E-state index is 11.6. The fourth-order valence-electron chi connectivity index (χ4n) is 2.67. The number of fused-ring (bicyclic) bond motifs is 1. The van der Waals surface area contributed by atoms with Crippen molar-refractivity contribution in [2.24, 2.45) is 5.73 Å². The van der Waals surface area contributed by atoms with Crippen molar-refractivity contribution in [1.82, 2.24) is 14.2 Å². The van der Waals surface area contributed by atoms with Gasteiger partial charge < -0.3 is 36.2 Å². The first-order chi connectivity index (χ1) is 10.9. The highest BCUT2D eigenvalue weighted by Gasteiger charge is 2.44. The Hall–Kier alpha value is -2.18. The van der Waals surface area contributed by atoms with Crippen LogP contribution in [0.3, 0.4) is 0 Å². The first-order valence-corrected chi connectivity index (χ1v) is 6.71. The Morgan fingerprint density at radius 1 is 1.42 bits per heavy atom. The highest BCUT2D eigenvalue weighted by molar-refractivity contribution is 6.05. The number of hydrogen-bond donors (Lipinski definition) is 6. The van der Waals surface area contributed by atoms with Gasteiger partial charge in [-0.3, -0.25) is 10.2 Å². The second-order valence-corrected chi connectivity index (χ2v) is 5.24. The smallest absolute Gasteiger partial charge is 0.251 e. The molecule has 1 amide bonds. The Labute approximate surface area is 141 Å². The van der Waals surface area contributed by atoms with Crippen molar-refractivity contribution in [2.45, 2.75) is 24.5 Å². The molecule has 11 nitrogen and oxygen atoms in total. The van der Waals surface area contributed by atoms with Gasteiger partial charge in [0.15, 0.2) is 11.7 Å². The van der Waals surface area contributed by atoms with Crippen LogP contribution in [0.1, 0.15) is 16.6 Å². The molecule has 0 spiro atoms. The summed E-state index contributed by atoms with van der Waals surface area (Å²) in [4.78, 5) is 15.7. The van der Waals surface area contributed by atoms with Gasteiger partial charge in [-0.25, -0.2) is 9.66 Å². The largest absolute Gasteiger partial charge is 0.394 e. The van der Waals surface area contributed by atoms with E-state index in [0.717, 1.165) is 11.0 Å². The fourth-order valence-corrected chi connectivity index (χ4v) is 2.67. The summed E-state index contributed by atoms with van der Waals surface area (Å²) in [6.07, 6.45) is -2.31. The fraction of sp³-hybridized carbons (Fsp3) is 0.417. The molecule has 4 atom stereocenters. The van der Waals surface area contributed by atoms with Crippen LogP contribution in [-0.2, 0) is 4.74 Å². The lowest BCUT2D eigenvalue weighted by molar-refractivity contribution is -0.0509. The number of aliphatic hydroxyl groups is 3. The third kappa shape index (κ3) is 2.52. The van der Waals surface area contributed by atoms with Crippen LogP contribution in [0.4, 0.5) is 0 Å². The number of nitrogens with two attached hydrogens (primary N) is 2. The van der Waals surface area contributed by atoms with Gasteiger partial charge in [0.1, 0.15) is 30.3 Å². The zero-order valence-corrected chi connectivity index (χ0v) is 13.1. The molecule has 0 aliphatic carbocycles. The lowest BCUT2D eigenvalue weighted by Gasteiger charge is -2.17. The van der Waals surface area contributed by atoms with Gasteiger partial charge in [-0.2, -0.15) is 0 Å². The molecule has 8 N–H and O–H groups in total. The van der Waals surface area contributed by atoms with E-state index in [9.17, 15) is 15.0 Å². The van der Waals surface area contributed by atoms with Gasteiger partial charge in [0.2, 0.25) is 0 Å². The van der Waals surface area contributed by atoms with Crippen molar-refractivity contribution in [3.05, 3.63) is 23.6 Å². The van der Waals surface area contributed by atoms with Crippen molar-refractivity contribution < 1.29 is 24.9 Å². The van der Waals surface area contributed by atoms with Crippen LogP contribution in [0.25, 0.3) is 11.0 Å². The number of halogens is 1. The maximum Gasteiger partial charge on any atom is 0.251 e. The summed E-state index contributed by atoms with van der Waals surface area (Å²) in [5.41, 5.74) is 5.24. The van der Waals surface area contributed by atoms with Crippen LogP contribution in [-0.4, -0.2) is 60.4 Å². The van der Waals surface area contributed by atoms with Crippen molar-refractivity contribution in [2.75, 3.05) is 12.4 Å². The first-order valence-electron chi connectivity index (χ1n) is 6.71. The minimum absolute atomic E-state index is 0. The number of hydrogen-bond acceptors (Lipinski definition) is 8. The molecule has 3 heterocycles. The van der Waals surface area contributed by atoms with E-state index >= 15 is 0 Å². The highest BCUT2D eigenvalue weighted by Crippen LogP contribution is 2.32. The number of nitrogens with one attached hydrogen (secondary N) is 1. The summed E-state index contributed by atoms with van der Waals surface area (Å²) in [7, 11) is 0. The highest BCUT2D eigenvalue weighted by atomic mass is 35.5. The standard InChI is InChI=1S/C12H16N6O5.ClH/c13-9-6-4(10(14)22)1-17(11(6)16-3-18(9)15)12-8(21)7(20)5(2-19)23-12;/h1,3,5,7-8,12-13,19-21H,2,15H2,(H2,14,22);1H. The Bertz CT molecular complexity index is 835. The molecule has 2 aromatic rings. The molecule has 0 radical (unpaired) electrons. The second-order valence-electron chi connectivity index (χ2n) is 5.24. The molecule has 0 saturated carbocycles. The lowest BCUT2D eigenvalue weighted by atomic mass is 10.1. The van der Waals surface area contributed by atoms with Gasteiger partial charge in [0.05, 0.1) is 17.6 Å². The number of aliphatic hydroxyl groups excluding tert-OH is 3. The number of ether oxygens (including phenoxy) is 1. The summed E-state index contributed by atoms with van der Waals surface area (Å²) in [5.74, 6) is 4.76. The van der Waals surface area contributed by atoms with E-state index in [1.807, 2.05) is 0 Å². The topological polar surface area (TPSA) is 186 Å². The number of aromatic nitrogens is 3. The molecule has 0 aromatic carbocycles.